The molecule has 0 atom stereocenters. The second-order valence-corrected chi connectivity index (χ2v) is 5.59. The number of hydrogen-bond donors (Lipinski definition) is 2. The van der Waals surface area contributed by atoms with Crippen LogP contribution in [0.1, 0.15) is 5.56 Å². The Morgan fingerprint density at radius 1 is 1.21 bits per heavy atom. The Morgan fingerprint density at radius 2 is 2.11 bits per heavy atom. The summed E-state index contributed by atoms with van der Waals surface area (Å²) >= 11 is 5.85. The van der Waals surface area contributed by atoms with Crippen molar-refractivity contribution >= 4 is 43.3 Å². The van der Waals surface area contributed by atoms with Crippen molar-refractivity contribution in [3.63, 3.8) is 0 Å². The Labute approximate surface area is 121 Å². The van der Waals surface area contributed by atoms with Gasteiger partial charge in [0, 0.05) is 0 Å². The van der Waals surface area contributed by atoms with Gasteiger partial charge in [-0.25, -0.2) is 0 Å². The molecule has 3 rings (SSSR count). The molecule has 1 aromatic heterocycles. The molecule has 0 bridgehead atoms. The summed E-state index contributed by atoms with van der Waals surface area (Å²) in [6.07, 6.45) is 0. The van der Waals surface area contributed by atoms with E-state index >= 15 is 0 Å². The maximum atomic E-state index is 9.38. The summed E-state index contributed by atoms with van der Waals surface area (Å²) in [6, 6.07) is 11.1. The normalized spacial score (nSPS) is 10.8. The van der Waals surface area contributed by atoms with Crippen LogP contribution in [0.3, 0.4) is 0 Å². The number of aromatic hydroxyl groups is 1. The van der Waals surface area contributed by atoms with E-state index < -0.39 is 0 Å². The predicted molar refractivity (Wildman–Crippen MR) is 76.9 cm³/mol. The third-order valence-corrected chi connectivity index (χ3v) is 4.22. The van der Waals surface area contributed by atoms with Gasteiger partial charge in [-0.15, -0.1) is 0 Å². The van der Waals surface area contributed by atoms with Crippen molar-refractivity contribution in [2.24, 2.45) is 0 Å². The number of aromatic nitrogens is 2. The van der Waals surface area contributed by atoms with Gasteiger partial charge >= 0.3 is 121 Å². The Hall–Kier alpha value is -1.55. The molecule has 0 aliphatic heterocycles. The molecule has 19 heavy (non-hydrogen) atoms. The predicted octanol–water partition coefficient (Wildman–Crippen LogP) is 2.66. The van der Waals surface area contributed by atoms with Gasteiger partial charge in [-0.05, 0) is 0 Å². The van der Waals surface area contributed by atoms with E-state index in [4.69, 9.17) is 11.6 Å². The van der Waals surface area contributed by atoms with Crippen LogP contribution in [0, 0.1) is 0 Å². The number of rotatable bonds is 3. The van der Waals surface area contributed by atoms with Gasteiger partial charge < -0.3 is 0 Å². The number of fused-ring (bicyclic) bond motifs is 1. The molecule has 0 saturated heterocycles. The molecule has 0 saturated carbocycles. The Morgan fingerprint density at radius 3 is 2.95 bits per heavy atom. The van der Waals surface area contributed by atoms with E-state index in [9.17, 15) is 5.11 Å². The summed E-state index contributed by atoms with van der Waals surface area (Å²) in [5.74, 6) is 0.0996. The van der Waals surface area contributed by atoms with Gasteiger partial charge in [-0.3, -0.25) is 0 Å². The first-order valence-electron chi connectivity index (χ1n) is 5.66. The molecule has 6 heteroatoms. The zero-order chi connectivity index (χ0) is 13.2. The minimum atomic E-state index is -0.0258. The minimum absolute atomic E-state index is 0.0258. The fourth-order valence-corrected chi connectivity index (χ4v) is 3.16. The van der Waals surface area contributed by atoms with E-state index in [1.807, 2.05) is 24.3 Å². The van der Waals surface area contributed by atoms with Crippen molar-refractivity contribution in [1.82, 2.24) is 7.96 Å². The van der Waals surface area contributed by atoms with Gasteiger partial charge in [0.15, 0.2) is 0 Å². The van der Waals surface area contributed by atoms with Crippen LogP contribution in [-0.2, 0) is 6.54 Å². The van der Waals surface area contributed by atoms with E-state index in [-0.39, 0.29) is 20.7 Å². The van der Waals surface area contributed by atoms with Crippen LogP contribution in [0.4, 0.5) is 5.69 Å². The standard InChI is InChI=1S/C13H10ClN3OSe/c14-9-6-8(4-5-12(9)18)7-15-10-2-1-3-11-13(10)17-19-16-11/h1-6,15,18H,7H2. The van der Waals surface area contributed by atoms with Crippen LogP contribution in [0.25, 0.3) is 11.0 Å². The first kappa shape index (κ1) is 12.5. The monoisotopic (exact) mass is 339 g/mol. The van der Waals surface area contributed by atoms with Gasteiger partial charge in [0.1, 0.15) is 0 Å². The molecule has 4 nitrogen and oxygen atoms in total. The van der Waals surface area contributed by atoms with Crippen LogP contribution in [-0.4, -0.2) is 28.0 Å². The topological polar surface area (TPSA) is 58.0 Å². The number of phenols is 1. The maximum absolute atomic E-state index is 9.38. The Kier molecular flexibility index (Phi) is 3.42. The van der Waals surface area contributed by atoms with Crippen LogP contribution in [0.2, 0.25) is 5.02 Å². The molecule has 1 heterocycles. The SMILES string of the molecule is Oc1ccc(CNc2cccc3n[se]nc23)cc1Cl. The number of hydrogen-bond acceptors (Lipinski definition) is 4. The molecule has 2 aromatic carbocycles. The summed E-state index contributed by atoms with van der Waals surface area (Å²) in [6.45, 7) is 0.624. The van der Waals surface area contributed by atoms with E-state index in [1.54, 1.807) is 12.1 Å². The molecule has 0 unspecified atom stereocenters. The second kappa shape index (κ2) is 5.21. The molecule has 0 aliphatic rings. The van der Waals surface area contributed by atoms with Crippen LogP contribution < -0.4 is 5.32 Å². The number of phenolic OH excluding ortho intramolecular Hbond substituents is 1. The van der Waals surface area contributed by atoms with Gasteiger partial charge in [0.25, 0.3) is 0 Å². The van der Waals surface area contributed by atoms with Crippen LogP contribution >= 0.6 is 11.6 Å². The number of anilines is 1. The molecule has 2 N–H and O–H groups in total. The zero-order valence-corrected chi connectivity index (χ0v) is 12.3. The Balaban J connectivity index is 1.82. The van der Waals surface area contributed by atoms with E-state index in [0.29, 0.717) is 11.6 Å². The van der Waals surface area contributed by atoms with Gasteiger partial charge in [-0.2, -0.15) is 0 Å². The first-order chi connectivity index (χ1) is 9.24. The number of halogens is 1. The average molecular weight is 339 g/mol. The Bertz CT molecular complexity index is 729. The van der Waals surface area contributed by atoms with Crippen molar-refractivity contribution in [2.45, 2.75) is 6.54 Å². The summed E-state index contributed by atoms with van der Waals surface area (Å²) in [5.41, 5.74) is 3.87. The van der Waals surface area contributed by atoms with Crippen molar-refractivity contribution in [2.75, 3.05) is 5.32 Å². The summed E-state index contributed by atoms with van der Waals surface area (Å²) in [4.78, 5) is 0. The number of nitrogens with zero attached hydrogens (tertiary/aromatic N) is 2. The molecule has 0 fully saturated rings. The fraction of sp³-hybridized carbons (Fsp3) is 0.0769. The van der Waals surface area contributed by atoms with Crippen LogP contribution in [0.15, 0.2) is 36.4 Å². The average Bonchev–Trinajstić information content (AvgIpc) is 2.89. The number of nitrogens with one attached hydrogen (secondary N) is 1. The second-order valence-electron chi connectivity index (χ2n) is 4.08. The third kappa shape index (κ3) is 2.59. The fourth-order valence-electron chi connectivity index (χ4n) is 1.81. The summed E-state index contributed by atoms with van der Waals surface area (Å²) < 4.78 is 8.75. The van der Waals surface area contributed by atoms with Gasteiger partial charge in [0.2, 0.25) is 0 Å². The van der Waals surface area contributed by atoms with Gasteiger partial charge in [-0.1, -0.05) is 0 Å². The summed E-state index contributed by atoms with van der Waals surface area (Å²) in [5, 5.41) is 13.1. The van der Waals surface area contributed by atoms with Crippen LogP contribution in [0.5, 0.6) is 5.75 Å². The molecule has 0 amide bonds. The molecule has 0 radical (unpaired) electrons. The van der Waals surface area contributed by atoms with Crippen molar-refractivity contribution in [3.8, 4) is 5.75 Å². The van der Waals surface area contributed by atoms with Crippen molar-refractivity contribution in [3.05, 3.63) is 47.0 Å². The molecular formula is C13H10ClN3OSe. The number of benzene rings is 2. The molecular weight excluding hydrogens is 329 g/mol. The first-order valence-corrected chi connectivity index (χ1v) is 7.57. The van der Waals surface area contributed by atoms with Gasteiger partial charge in [0.05, 0.1) is 0 Å². The molecule has 96 valence electrons. The van der Waals surface area contributed by atoms with E-state index in [2.05, 4.69) is 13.3 Å². The van der Waals surface area contributed by atoms with Crippen molar-refractivity contribution < 1.29 is 5.11 Å². The molecule has 0 spiro atoms. The van der Waals surface area contributed by atoms with E-state index in [0.717, 1.165) is 22.3 Å². The third-order valence-electron chi connectivity index (χ3n) is 2.78. The van der Waals surface area contributed by atoms with E-state index in [1.165, 1.54) is 0 Å². The quantitative estimate of drug-likeness (QED) is 0.721. The zero-order valence-electron chi connectivity index (χ0n) is 9.80. The molecule has 0 aliphatic carbocycles. The summed E-state index contributed by atoms with van der Waals surface area (Å²) in [7, 11) is 0. The van der Waals surface area contributed by atoms with Crippen molar-refractivity contribution in [1.29, 1.82) is 0 Å². The molecule has 3 aromatic rings.